The van der Waals surface area contributed by atoms with E-state index in [-0.39, 0.29) is 13.3 Å². The van der Waals surface area contributed by atoms with Gasteiger partial charge in [0.15, 0.2) is 17.1 Å². The van der Waals surface area contributed by atoms with Crippen LogP contribution in [-0.4, -0.2) is 36.8 Å². The van der Waals surface area contributed by atoms with Gasteiger partial charge < -0.3 is 19.5 Å². The van der Waals surface area contributed by atoms with Gasteiger partial charge in [-0.15, -0.1) is 0 Å². The molecule has 1 N–H and O–H groups in total. The first-order chi connectivity index (χ1) is 9.79. The van der Waals surface area contributed by atoms with Crippen LogP contribution in [0.4, 0.5) is 18.9 Å². The van der Waals surface area contributed by atoms with Crippen molar-refractivity contribution in [2.45, 2.75) is 25.1 Å². The van der Waals surface area contributed by atoms with E-state index < -0.39 is 17.7 Å². The van der Waals surface area contributed by atoms with E-state index in [1.54, 1.807) is 18.2 Å². The standard InChI is InChI=1S/C14H16F3NO3/c1-13(19,14(15,16)17)9-4-5-18(7-9)10-2-3-11-12(6-10)21-8-20-11/h2-3,6,9,19H,4-5,7-8H2,1H3. The lowest BCUT2D eigenvalue weighted by atomic mass is 9.88. The average Bonchev–Trinajstić information content (AvgIpc) is 3.05. The van der Waals surface area contributed by atoms with Crippen molar-refractivity contribution in [2.75, 3.05) is 24.8 Å². The van der Waals surface area contributed by atoms with Gasteiger partial charge in [0.05, 0.1) is 0 Å². The molecule has 1 fully saturated rings. The van der Waals surface area contributed by atoms with Crippen LogP contribution in [0.1, 0.15) is 13.3 Å². The first-order valence-corrected chi connectivity index (χ1v) is 6.73. The summed E-state index contributed by atoms with van der Waals surface area (Å²) in [5.41, 5.74) is -1.89. The molecule has 2 aliphatic heterocycles. The number of hydrogen-bond donors (Lipinski definition) is 1. The fraction of sp³-hybridized carbons (Fsp3) is 0.571. The largest absolute Gasteiger partial charge is 0.454 e. The van der Waals surface area contributed by atoms with Gasteiger partial charge in [-0.3, -0.25) is 0 Å². The van der Waals surface area contributed by atoms with Crippen molar-refractivity contribution in [3.05, 3.63) is 18.2 Å². The second-order valence-corrected chi connectivity index (χ2v) is 5.61. The van der Waals surface area contributed by atoms with Crippen LogP contribution in [-0.2, 0) is 0 Å². The van der Waals surface area contributed by atoms with E-state index in [4.69, 9.17) is 9.47 Å². The van der Waals surface area contributed by atoms with Crippen molar-refractivity contribution < 1.29 is 27.8 Å². The molecular formula is C14H16F3NO3. The van der Waals surface area contributed by atoms with Crippen LogP contribution < -0.4 is 14.4 Å². The summed E-state index contributed by atoms with van der Waals surface area (Å²) in [6.45, 7) is 1.63. The Morgan fingerprint density at radius 1 is 1.24 bits per heavy atom. The van der Waals surface area contributed by atoms with Gasteiger partial charge in [0, 0.05) is 30.8 Å². The highest BCUT2D eigenvalue weighted by atomic mass is 19.4. The van der Waals surface area contributed by atoms with E-state index in [0.717, 1.165) is 12.6 Å². The third-order valence-corrected chi connectivity index (χ3v) is 4.28. The topological polar surface area (TPSA) is 41.9 Å². The van der Waals surface area contributed by atoms with Crippen molar-refractivity contribution in [3.8, 4) is 11.5 Å². The summed E-state index contributed by atoms with van der Waals surface area (Å²) in [6.07, 6.45) is -4.33. The third kappa shape index (κ3) is 2.39. The van der Waals surface area contributed by atoms with E-state index in [1.807, 2.05) is 4.90 Å². The molecule has 0 aromatic heterocycles. The normalized spacial score (nSPS) is 24.2. The van der Waals surface area contributed by atoms with Crippen LogP contribution in [0.15, 0.2) is 18.2 Å². The SMILES string of the molecule is CC(O)(C1CCN(c2ccc3c(c2)OCO3)C1)C(F)(F)F. The van der Waals surface area contributed by atoms with E-state index >= 15 is 0 Å². The van der Waals surface area contributed by atoms with Crippen LogP contribution in [0.3, 0.4) is 0 Å². The zero-order chi connectivity index (χ0) is 15.3. The van der Waals surface area contributed by atoms with E-state index in [9.17, 15) is 18.3 Å². The number of nitrogens with zero attached hydrogens (tertiary/aromatic N) is 1. The molecule has 2 heterocycles. The summed E-state index contributed by atoms with van der Waals surface area (Å²) in [7, 11) is 0. The van der Waals surface area contributed by atoms with Crippen LogP contribution in [0.25, 0.3) is 0 Å². The fourth-order valence-electron chi connectivity index (χ4n) is 2.77. The zero-order valence-corrected chi connectivity index (χ0v) is 11.5. The summed E-state index contributed by atoms with van der Waals surface area (Å²) in [5, 5.41) is 9.77. The Morgan fingerprint density at radius 2 is 1.95 bits per heavy atom. The molecule has 4 nitrogen and oxygen atoms in total. The van der Waals surface area contributed by atoms with Crippen molar-refractivity contribution in [2.24, 2.45) is 5.92 Å². The highest BCUT2D eigenvalue weighted by molar-refractivity contribution is 5.57. The van der Waals surface area contributed by atoms with Gasteiger partial charge >= 0.3 is 6.18 Å². The fourth-order valence-corrected chi connectivity index (χ4v) is 2.77. The Kier molecular flexibility index (Phi) is 3.20. The number of alkyl halides is 3. The predicted octanol–water partition coefficient (Wildman–Crippen LogP) is 2.55. The number of rotatable bonds is 2. The Labute approximate surface area is 120 Å². The lowest BCUT2D eigenvalue weighted by Crippen LogP contribution is -2.49. The molecule has 2 atom stereocenters. The van der Waals surface area contributed by atoms with E-state index in [2.05, 4.69) is 0 Å². The summed E-state index contributed by atoms with van der Waals surface area (Å²) < 4.78 is 49.1. The smallest absolute Gasteiger partial charge is 0.417 e. The van der Waals surface area contributed by atoms with Gasteiger partial charge in [0.1, 0.15) is 0 Å². The first-order valence-electron chi connectivity index (χ1n) is 6.73. The number of halogens is 3. The molecule has 116 valence electrons. The Balaban J connectivity index is 1.76. The number of aliphatic hydroxyl groups is 1. The van der Waals surface area contributed by atoms with Crippen molar-refractivity contribution in [3.63, 3.8) is 0 Å². The van der Waals surface area contributed by atoms with Crippen LogP contribution in [0.5, 0.6) is 11.5 Å². The van der Waals surface area contributed by atoms with E-state index in [0.29, 0.717) is 24.5 Å². The maximum atomic E-state index is 12.9. The monoisotopic (exact) mass is 303 g/mol. The van der Waals surface area contributed by atoms with Gasteiger partial charge in [0.25, 0.3) is 0 Å². The van der Waals surface area contributed by atoms with Gasteiger partial charge in [-0.1, -0.05) is 0 Å². The second-order valence-electron chi connectivity index (χ2n) is 5.61. The Morgan fingerprint density at radius 3 is 2.67 bits per heavy atom. The minimum Gasteiger partial charge on any atom is -0.454 e. The number of fused-ring (bicyclic) bond motifs is 1. The molecule has 7 heteroatoms. The van der Waals surface area contributed by atoms with Gasteiger partial charge in [0.2, 0.25) is 6.79 Å². The molecule has 0 radical (unpaired) electrons. The molecule has 21 heavy (non-hydrogen) atoms. The molecule has 1 saturated heterocycles. The third-order valence-electron chi connectivity index (χ3n) is 4.28. The molecule has 1 aromatic carbocycles. The summed E-state index contributed by atoms with van der Waals surface area (Å²) in [6, 6.07) is 5.29. The summed E-state index contributed by atoms with van der Waals surface area (Å²) in [5.74, 6) is 0.387. The number of hydrogen-bond acceptors (Lipinski definition) is 4. The van der Waals surface area contributed by atoms with Gasteiger partial charge in [-0.25, -0.2) is 0 Å². The van der Waals surface area contributed by atoms with Gasteiger partial charge in [-0.2, -0.15) is 13.2 Å². The maximum absolute atomic E-state index is 12.9. The highest BCUT2D eigenvalue weighted by Crippen LogP contribution is 2.42. The lowest BCUT2D eigenvalue weighted by Gasteiger charge is -2.32. The molecule has 0 bridgehead atoms. The van der Waals surface area contributed by atoms with E-state index in [1.165, 1.54) is 0 Å². The predicted molar refractivity (Wildman–Crippen MR) is 69.6 cm³/mol. The van der Waals surface area contributed by atoms with Crippen molar-refractivity contribution in [1.82, 2.24) is 0 Å². The first kappa shape index (κ1) is 14.3. The second kappa shape index (κ2) is 4.69. The summed E-state index contributed by atoms with van der Waals surface area (Å²) in [4.78, 5) is 1.83. The van der Waals surface area contributed by atoms with Gasteiger partial charge in [-0.05, 0) is 25.5 Å². The molecular weight excluding hydrogens is 287 g/mol. The number of benzene rings is 1. The molecule has 1 aromatic rings. The van der Waals surface area contributed by atoms with Crippen LogP contribution >= 0.6 is 0 Å². The number of anilines is 1. The molecule has 0 spiro atoms. The highest BCUT2D eigenvalue weighted by Gasteiger charge is 2.56. The molecule has 0 aliphatic carbocycles. The average molecular weight is 303 g/mol. The zero-order valence-electron chi connectivity index (χ0n) is 11.5. The Hall–Kier alpha value is -1.63. The maximum Gasteiger partial charge on any atom is 0.417 e. The van der Waals surface area contributed by atoms with Crippen molar-refractivity contribution >= 4 is 5.69 Å². The minimum atomic E-state index is -4.62. The molecule has 0 amide bonds. The molecule has 2 unspecified atom stereocenters. The van der Waals surface area contributed by atoms with Crippen LogP contribution in [0.2, 0.25) is 0 Å². The molecule has 2 aliphatic rings. The minimum absolute atomic E-state index is 0.157. The quantitative estimate of drug-likeness (QED) is 0.912. The summed E-state index contributed by atoms with van der Waals surface area (Å²) >= 11 is 0. The molecule has 3 rings (SSSR count). The Bertz CT molecular complexity index is 545. The number of ether oxygens (including phenoxy) is 2. The lowest BCUT2D eigenvalue weighted by molar-refractivity contribution is -0.269. The molecule has 0 saturated carbocycles. The van der Waals surface area contributed by atoms with Crippen LogP contribution in [0, 0.1) is 5.92 Å². The van der Waals surface area contributed by atoms with Crippen molar-refractivity contribution in [1.29, 1.82) is 0 Å².